The van der Waals surface area contributed by atoms with Crippen molar-refractivity contribution in [1.82, 2.24) is 0 Å². The van der Waals surface area contributed by atoms with Gasteiger partial charge < -0.3 is 5.11 Å². The number of allylic oxidation sites excluding steroid dienone is 4. The van der Waals surface area contributed by atoms with Crippen molar-refractivity contribution >= 4 is 12.0 Å². The van der Waals surface area contributed by atoms with E-state index in [1.54, 1.807) is 12.2 Å². The van der Waals surface area contributed by atoms with Gasteiger partial charge in [-0.2, -0.15) is 0 Å². The van der Waals surface area contributed by atoms with Crippen molar-refractivity contribution in [3.8, 4) is 0 Å². The number of aryl methyl sites for hydroxylation is 1. The largest absolute Gasteiger partial charge is 0.478 e. The van der Waals surface area contributed by atoms with Gasteiger partial charge in [0.1, 0.15) is 0 Å². The Balaban J connectivity index is 2.52. The third kappa shape index (κ3) is 4.96. The standard InChI is InChI=1S/C14H14O2/c1-12-7-6-9-13(11-12)8-4-2-3-5-10-14(15)16/h2-11H,1H3,(H,15,16)/b3-2+,8-4?,10-5+. The van der Waals surface area contributed by atoms with Crippen LogP contribution in [0.3, 0.4) is 0 Å². The van der Waals surface area contributed by atoms with Crippen molar-refractivity contribution in [1.29, 1.82) is 0 Å². The maximum Gasteiger partial charge on any atom is 0.328 e. The summed E-state index contributed by atoms with van der Waals surface area (Å²) in [5, 5.41) is 8.34. The van der Waals surface area contributed by atoms with Crippen molar-refractivity contribution in [2.75, 3.05) is 0 Å². The number of carboxylic acids is 1. The highest BCUT2D eigenvalue weighted by Crippen LogP contribution is 2.05. The van der Waals surface area contributed by atoms with Crippen LogP contribution in [-0.4, -0.2) is 11.1 Å². The summed E-state index contributed by atoms with van der Waals surface area (Å²) in [4.78, 5) is 10.2. The van der Waals surface area contributed by atoms with Crippen molar-refractivity contribution in [2.24, 2.45) is 0 Å². The minimum Gasteiger partial charge on any atom is -0.478 e. The van der Waals surface area contributed by atoms with Gasteiger partial charge in [-0.25, -0.2) is 4.79 Å². The number of rotatable bonds is 4. The molecule has 1 N–H and O–H groups in total. The van der Waals surface area contributed by atoms with E-state index < -0.39 is 5.97 Å². The Hall–Kier alpha value is -2.09. The first-order valence-corrected chi connectivity index (χ1v) is 4.99. The molecule has 0 saturated carbocycles. The molecular weight excluding hydrogens is 200 g/mol. The predicted octanol–water partition coefficient (Wildman–Crippen LogP) is 3.21. The van der Waals surface area contributed by atoms with Crippen LogP contribution >= 0.6 is 0 Å². The van der Waals surface area contributed by atoms with Crippen molar-refractivity contribution in [3.05, 3.63) is 65.8 Å². The molecule has 0 radical (unpaired) electrons. The van der Waals surface area contributed by atoms with E-state index in [2.05, 4.69) is 6.07 Å². The van der Waals surface area contributed by atoms with Gasteiger partial charge in [0.2, 0.25) is 0 Å². The average molecular weight is 214 g/mol. The van der Waals surface area contributed by atoms with Gasteiger partial charge >= 0.3 is 5.97 Å². The van der Waals surface area contributed by atoms with E-state index in [4.69, 9.17) is 5.11 Å². The molecule has 0 fully saturated rings. The Labute approximate surface area is 95.2 Å². The summed E-state index contributed by atoms with van der Waals surface area (Å²) in [5.41, 5.74) is 2.35. The maximum atomic E-state index is 10.2. The van der Waals surface area contributed by atoms with Gasteiger partial charge in [-0.3, -0.25) is 0 Å². The molecule has 0 atom stereocenters. The molecule has 2 heteroatoms. The molecule has 0 saturated heterocycles. The minimum absolute atomic E-state index is 0.938. The Morgan fingerprint density at radius 3 is 2.62 bits per heavy atom. The van der Waals surface area contributed by atoms with Gasteiger partial charge in [0.25, 0.3) is 0 Å². The number of carboxylic acid groups (broad SMARTS) is 1. The van der Waals surface area contributed by atoms with E-state index in [1.165, 1.54) is 11.6 Å². The number of carbonyl (C=O) groups is 1. The first-order valence-electron chi connectivity index (χ1n) is 4.99. The Bertz CT molecular complexity index is 440. The number of hydrogen-bond donors (Lipinski definition) is 1. The summed E-state index contributed by atoms with van der Waals surface area (Å²) in [6.45, 7) is 2.04. The molecule has 0 aliphatic carbocycles. The fourth-order valence-corrected chi connectivity index (χ4v) is 1.21. The molecule has 16 heavy (non-hydrogen) atoms. The summed E-state index contributed by atoms with van der Waals surface area (Å²) < 4.78 is 0. The highest BCUT2D eigenvalue weighted by atomic mass is 16.4. The molecule has 82 valence electrons. The van der Waals surface area contributed by atoms with Crippen LogP contribution in [0.25, 0.3) is 6.08 Å². The Morgan fingerprint density at radius 2 is 1.94 bits per heavy atom. The van der Waals surface area contributed by atoms with Crippen LogP contribution in [0.2, 0.25) is 0 Å². The van der Waals surface area contributed by atoms with E-state index in [-0.39, 0.29) is 0 Å². The first-order chi connectivity index (χ1) is 7.68. The van der Waals surface area contributed by atoms with Crippen LogP contribution in [0.5, 0.6) is 0 Å². The lowest BCUT2D eigenvalue weighted by atomic mass is 10.1. The summed E-state index contributed by atoms with van der Waals surface area (Å²) >= 11 is 0. The average Bonchev–Trinajstić information content (AvgIpc) is 2.23. The van der Waals surface area contributed by atoms with Crippen LogP contribution < -0.4 is 0 Å². The molecular formula is C14H14O2. The zero-order chi connectivity index (χ0) is 11.8. The second-order valence-corrected chi connectivity index (χ2v) is 3.36. The van der Waals surface area contributed by atoms with Gasteiger partial charge in [-0.05, 0) is 12.5 Å². The summed E-state index contributed by atoms with van der Waals surface area (Å²) in [5.74, 6) is -0.938. The molecule has 1 rings (SSSR count). The first kappa shape index (κ1) is 12.0. The van der Waals surface area contributed by atoms with E-state index in [9.17, 15) is 4.79 Å². The van der Waals surface area contributed by atoms with Crippen LogP contribution in [0.15, 0.2) is 54.6 Å². The van der Waals surface area contributed by atoms with Gasteiger partial charge in [0, 0.05) is 6.08 Å². The van der Waals surface area contributed by atoms with Gasteiger partial charge in [-0.15, -0.1) is 0 Å². The van der Waals surface area contributed by atoms with Crippen LogP contribution in [-0.2, 0) is 4.79 Å². The van der Waals surface area contributed by atoms with Gasteiger partial charge in [0.05, 0.1) is 0 Å². The Kier molecular flexibility index (Phi) is 4.80. The second kappa shape index (κ2) is 6.40. The molecule has 2 nitrogen and oxygen atoms in total. The molecule has 0 amide bonds. The fourth-order valence-electron chi connectivity index (χ4n) is 1.21. The predicted molar refractivity (Wildman–Crippen MR) is 66.1 cm³/mol. The van der Waals surface area contributed by atoms with Crippen molar-refractivity contribution in [2.45, 2.75) is 6.92 Å². The van der Waals surface area contributed by atoms with Gasteiger partial charge in [-0.1, -0.05) is 60.2 Å². The molecule has 0 aromatic heterocycles. The highest BCUT2D eigenvalue weighted by molar-refractivity contribution is 5.80. The third-order valence-corrected chi connectivity index (χ3v) is 1.90. The molecule has 0 aliphatic heterocycles. The summed E-state index contributed by atoms with van der Waals surface area (Å²) in [6, 6.07) is 8.15. The summed E-state index contributed by atoms with van der Waals surface area (Å²) in [6.07, 6.45) is 9.90. The quantitative estimate of drug-likeness (QED) is 0.617. The lowest BCUT2D eigenvalue weighted by Gasteiger charge is -1.93. The van der Waals surface area contributed by atoms with E-state index in [0.29, 0.717) is 0 Å². The third-order valence-electron chi connectivity index (χ3n) is 1.90. The topological polar surface area (TPSA) is 37.3 Å². The van der Waals surface area contributed by atoms with Gasteiger partial charge in [0.15, 0.2) is 0 Å². The zero-order valence-electron chi connectivity index (χ0n) is 9.13. The second-order valence-electron chi connectivity index (χ2n) is 3.36. The van der Waals surface area contributed by atoms with Crippen molar-refractivity contribution in [3.63, 3.8) is 0 Å². The number of aliphatic carboxylic acids is 1. The monoisotopic (exact) mass is 214 g/mol. The Morgan fingerprint density at radius 1 is 1.19 bits per heavy atom. The van der Waals surface area contributed by atoms with Crippen LogP contribution in [0.4, 0.5) is 0 Å². The SMILES string of the molecule is Cc1cccc(C=C/C=C/C=C/C(=O)O)c1. The zero-order valence-corrected chi connectivity index (χ0v) is 9.13. The van der Waals surface area contributed by atoms with Crippen LogP contribution in [0, 0.1) is 6.92 Å². The lowest BCUT2D eigenvalue weighted by molar-refractivity contribution is -0.131. The number of hydrogen-bond acceptors (Lipinski definition) is 1. The molecule has 0 spiro atoms. The van der Waals surface area contributed by atoms with E-state index >= 15 is 0 Å². The number of benzene rings is 1. The molecule has 0 heterocycles. The smallest absolute Gasteiger partial charge is 0.328 e. The molecule has 0 bridgehead atoms. The fraction of sp³-hybridized carbons (Fsp3) is 0.0714. The molecule has 0 unspecified atom stereocenters. The molecule has 0 aliphatic rings. The highest BCUT2D eigenvalue weighted by Gasteiger charge is 1.85. The van der Waals surface area contributed by atoms with E-state index in [0.717, 1.165) is 11.6 Å². The van der Waals surface area contributed by atoms with E-state index in [1.807, 2.05) is 37.3 Å². The molecule has 1 aromatic carbocycles. The lowest BCUT2D eigenvalue weighted by Crippen LogP contribution is -1.84. The molecule has 1 aromatic rings. The van der Waals surface area contributed by atoms with Crippen molar-refractivity contribution < 1.29 is 9.90 Å². The normalized spacial score (nSPS) is 11.8. The maximum absolute atomic E-state index is 10.2. The summed E-state index contributed by atoms with van der Waals surface area (Å²) in [7, 11) is 0. The van der Waals surface area contributed by atoms with Crippen LogP contribution in [0.1, 0.15) is 11.1 Å². The minimum atomic E-state index is -0.938.